The maximum absolute atomic E-state index is 6.22. The van der Waals surface area contributed by atoms with Crippen molar-refractivity contribution in [2.75, 3.05) is 19.6 Å². The highest BCUT2D eigenvalue weighted by atomic mass is 35.5. The number of nitrogens with zero attached hydrogens (tertiary/aromatic N) is 1. The van der Waals surface area contributed by atoms with Gasteiger partial charge in [-0.15, -0.1) is 12.4 Å². The van der Waals surface area contributed by atoms with Gasteiger partial charge in [-0.25, -0.2) is 0 Å². The number of hydrogen-bond donors (Lipinski definition) is 1. The molecule has 0 aromatic heterocycles. The Balaban J connectivity index is 0.00000128. The molecule has 3 unspecified atom stereocenters. The summed E-state index contributed by atoms with van der Waals surface area (Å²) < 4.78 is 0. The fourth-order valence-corrected chi connectivity index (χ4v) is 3.41. The van der Waals surface area contributed by atoms with E-state index < -0.39 is 0 Å². The number of halogens is 1. The number of fused-ring (bicyclic) bond motifs is 1. The largest absolute Gasteiger partial charge is 0.327 e. The summed E-state index contributed by atoms with van der Waals surface area (Å²) >= 11 is 0. The van der Waals surface area contributed by atoms with Gasteiger partial charge in [-0.2, -0.15) is 0 Å². The summed E-state index contributed by atoms with van der Waals surface area (Å²) in [6.45, 7) is 10.8. The summed E-state index contributed by atoms with van der Waals surface area (Å²) in [4.78, 5) is 2.64. The van der Waals surface area contributed by atoms with Crippen LogP contribution < -0.4 is 5.73 Å². The fraction of sp³-hybridized carbons (Fsp3) is 1.00. The lowest BCUT2D eigenvalue weighted by atomic mass is 9.78. The quantitative estimate of drug-likeness (QED) is 0.771. The molecule has 1 aliphatic carbocycles. The normalized spacial score (nSPS) is 35.6. The Hall–Kier alpha value is 0.210. The van der Waals surface area contributed by atoms with Gasteiger partial charge in [0.05, 0.1) is 0 Å². The van der Waals surface area contributed by atoms with Crippen LogP contribution in [0.15, 0.2) is 0 Å². The van der Waals surface area contributed by atoms with Gasteiger partial charge in [-0.3, -0.25) is 0 Å². The Morgan fingerprint density at radius 2 is 1.88 bits per heavy atom. The summed E-state index contributed by atoms with van der Waals surface area (Å²) in [5.41, 5.74) is 6.65. The maximum atomic E-state index is 6.22. The maximum Gasteiger partial charge on any atom is 0.00825 e. The zero-order valence-electron chi connectivity index (χ0n) is 10.9. The minimum Gasteiger partial charge on any atom is -0.327 e. The lowest BCUT2D eigenvalue weighted by Crippen LogP contribution is -2.38. The molecule has 1 saturated heterocycles. The van der Waals surface area contributed by atoms with Crippen LogP contribution in [0.5, 0.6) is 0 Å². The molecule has 0 bridgehead atoms. The Morgan fingerprint density at radius 1 is 1.19 bits per heavy atom. The van der Waals surface area contributed by atoms with Crippen molar-refractivity contribution in [1.29, 1.82) is 0 Å². The summed E-state index contributed by atoms with van der Waals surface area (Å²) in [5.74, 6) is 1.69. The van der Waals surface area contributed by atoms with E-state index in [9.17, 15) is 0 Å². The van der Waals surface area contributed by atoms with Crippen LogP contribution in [0, 0.1) is 17.3 Å². The second-order valence-electron chi connectivity index (χ2n) is 6.77. The number of likely N-dealkylation sites (tertiary alicyclic amines) is 1. The van der Waals surface area contributed by atoms with E-state index >= 15 is 0 Å². The monoisotopic (exact) mass is 246 g/mol. The molecule has 2 rings (SSSR count). The lowest BCUT2D eigenvalue weighted by molar-refractivity contribution is 0.217. The fourth-order valence-electron chi connectivity index (χ4n) is 3.41. The number of nitrogens with two attached hydrogens (primary N) is 1. The molecule has 0 radical (unpaired) electrons. The molecule has 0 aromatic carbocycles. The summed E-state index contributed by atoms with van der Waals surface area (Å²) in [7, 11) is 0. The molecule has 16 heavy (non-hydrogen) atoms. The van der Waals surface area contributed by atoms with Gasteiger partial charge >= 0.3 is 0 Å². The minimum atomic E-state index is 0. The van der Waals surface area contributed by atoms with Crippen molar-refractivity contribution < 1.29 is 0 Å². The van der Waals surface area contributed by atoms with Crippen LogP contribution in [0.25, 0.3) is 0 Å². The summed E-state index contributed by atoms with van der Waals surface area (Å²) in [5, 5.41) is 0. The van der Waals surface area contributed by atoms with Gasteiger partial charge in [-0.1, -0.05) is 27.2 Å². The van der Waals surface area contributed by atoms with Crippen molar-refractivity contribution in [2.24, 2.45) is 23.0 Å². The van der Waals surface area contributed by atoms with Crippen LogP contribution in [0.2, 0.25) is 0 Å². The Morgan fingerprint density at radius 3 is 2.44 bits per heavy atom. The van der Waals surface area contributed by atoms with Crippen molar-refractivity contribution in [1.82, 2.24) is 4.90 Å². The standard InChI is InChI=1S/C13H26N2.ClH/c1-13(2,3)9-15-7-10-5-4-6-12(14)11(10)8-15;/h10-12H,4-9,14H2,1-3H3;1H. The summed E-state index contributed by atoms with van der Waals surface area (Å²) in [6.07, 6.45) is 4.02. The molecular formula is C13H27ClN2. The van der Waals surface area contributed by atoms with E-state index in [4.69, 9.17) is 5.73 Å². The molecule has 0 amide bonds. The van der Waals surface area contributed by atoms with Gasteiger partial charge in [0.15, 0.2) is 0 Å². The molecule has 2 N–H and O–H groups in total. The van der Waals surface area contributed by atoms with Crippen molar-refractivity contribution >= 4 is 12.4 Å². The van der Waals surface area contributed by atoms with Gasteiger partial charge in [0.25, 0.3) is 0 Å². The third-order valence-corrected chi connectivity index (χ3v) is 3.93. The molecule has 0 spiro atoms. The van der Waals surface area contributed by atoms with E-state index in [-0.39, 0.29) is 12.4 Å². The molecule has 1 heterocycles. The molecule has 96 valence electrons. The zero-order chi connectivity index (χ0) is 11.1. The van der Waals surface area contributed by atoms with Crippen LogP contribution in [0.4, 0.5) is 0 Å². The molecule has 2 aliphatic rings. The van der Waals surface area contributed by atoms with Gasteiger partial charge in [0, 0.05) is 25.7 Å². The topological polar surface area (TPSA) is 29.3 Å². The van der Waals surface area contributed by atoms with Crippen LogP contribution in [-0.4, -0.2) is 30.6 Å². The molecule has 0 aromatic rings. The van der Waals surface area contributed by atoms with Gasteiger partial charge in [0.2, 0.25) is 0 Å². The van der Waals surface area contributed by atoms with Gasteiger partial charge in [0.1, 0.15) is 0 Å². The highest BCUT2D eigenvalue weighted by Crippen LogP contribution is 2.36. The highest BCUT2D eigenvalue weighted by Gasteiger charge is 2.39. The molecular weight excluding hydrogens is 220 g/mol. The average Bonchev–Trinajstić information content (AvgIpc) is 2.45. The Labute approximate surface area is 106 Å². The Bertz CT molecular complexity index is 224. The van der Waals surface area contributed by atoms with E-state index in [1.165, 1.54) is 38.9 Å². The van der Waals surface area contributed by atoms with Crippen molar-refractivity contribution in [3.8, 4) is 0 Å². The second kappa shape index (κ2) is 5.24. The number of hydrogen-bond acceptors (Lipinski definition) is 2. The molecule has 2 fully saturated rings. The predicted molar refractivity (Wildman–Crippen MR) is 71.9 cm³/mol. The first-order valence-electron chi connectivity index (χ1n) is 6.44. The SMILES string of the molecule is CC(C)(C)CN1CC2CCCC(N)C2C1.Cl. The van der Waals surface area contributed by atoms with Crippen LogP contribution >= 0.6 is 12.4 Å². The third kappa shape index (κ3) is 3.35. The average molecular weight is 247 g/mol. The molecule has 1 saturated carbocycles. The van der Waals surface area contributed by atoms with Gasteiger partial charge < -0.3 is 10.6 Å². The third-order valence-electron chi connectivity index (χ3n) is 3.93. The first-order valence-corrected chi connectivity index (χ1v) is 6.44. The van der Waals surface area contributed by atoms with E-state index in [0.29, 0.717) is 11.5 Å². The van der Waals surface area contributed by atoms with Crippen molar-refractivity contribution in [2.45, 2.75) is 46.1 Å². The second-order valence-corrected chi connectivity index (χ2v) is 6.77. The predicted octanol–water partition coefficient (Wildman–Crippen LogP) is 2.51. The van der Waals surface area contributed by atoms with Crippen LogP contribution in [0.1, 0.15) is 40.0 Å². The molecule has 3 heteroatoms. The highest BCUT2D eigenvalue weighted by molar-refractivity contribution is 5.85. The zero-order valence-corrected chi connectivity index (χ0v) is 11.7. The van der Waals surface area contributed by atoms with E-state index in [0.717, 1.165) is 11.8 Å². The van der Waals surface area contributed by atoms with E-state index in [2.05, 4.69) is 25.7 Å². The molecule has 3 atom stereocenters. The Kier molecular flexibility index (Phi) is 4.67. The van der Waals surface area contributed by atoms with Crippen molar-refractivity contribution in [3.05, 3.63) is 0 Å². The van der Waals surface area contributed by atoms with Gasteiger partial charge in [-0.05, 0) is 30.1 Å². The molecule has 2 nitrogen and oxygen atoms in total. The van der Waals surface area contributed by atoms with E-state index in [1.54, 1.807) is 0 Å². The van der Waals surface area contributed by atoms with E-state index in [1.807, 2.05) is 0 Å². The molecule has 1 aliphatic heterocycles. The first-order chi connectivity index (χ1) is 6.96. The first kappa shape index (κ1) is 14.3. The smallest absolute Gasteiger partial charge is 0.00825 e. The summed E-state index contributed by atoms with van der Waals surface area (Å²) in [6, 6.07) is 0.480. The van der Waals surface area contributed by atoms with Crippen molar-refractivity contribution in [3.63, 3.8) is 0 Å². The lowest BCUT2D eigenvalue weighted by Gasteiger charge is -2.30. The minimum absolute atomic E-state index is 0. The number of rotatable bonds is 1. The van der Waals surface area contributed by atoms with Crippen LogP contribution in [0.3, 0.4) is 0 Å². The van der Waals surface area contributed by atoms with Crippen LogP contribution in [-0.2, 0) is 0 Å².